The van der Waals surface area contributed by atoms with Crippen molar-refractivity contribution in [3.05, 3.63) is 22.6 Å². The van der Waals surface area contributed by atoms with Crippen LogP contribution in [0, 0.1) is 0 Å². The molecule has 0 amide bonds. The molecule has 1 aromatic heterocycles. The van der Waals surface area contributed by atoms with Crippen LogP contribution in [0.1, 0.15) is 13.0 Å². The molecule has 1 aliphatic rings. The van der Waals surface area contributed by atoms with Crippen molar-refractivity contribution in [2.45, 2.75) is 13.0 Å². The second-order valence-electron chi connectivity index (χ2n) is 2.62. The zero-order valence-corrected chi connectivity index (χ0v) is 6.15. The summed E-state index contributed by atoms with van der Waals surface area (Å²) in [6.07, 6.45) is 1.71. The standard InChI is InChI=1S/C7H8N2O2/c1-5-4-11-7-8-6(10)2-3-9(5)7/h2-3,5H,4H2,1H3. The molecule has 1 atom stereocenters. The monoisotopic (exact) mass is 152 g/mol. The molecule has 58 valence electrons. The molecule has 1 unspecified atom stereocenters. The van der Waals surface area contributed by atoms with E-state index in [9.17, 15) is 4.79 Å². The lowest BCUT2D eigenvalue weighted by atomic mass is 10.4. The fourth-order valence-electron chi connectivity index (χ4n) is 1.11. The number of hydrogen-bond acceptors (Lipinski definition) is 3. The van der Waals surface area contributed by atoms with Gasteiger partial charge in [0.1, 0.15) is 6.61 Å². The van der Waals surface area contributed by atoms with Crippen molar-refractivity contribution in [3.8, 4) is 6.01 Å². The molecule has 2 heterocycles. The first kappa shape index (κ1) is 6.39. The molecule has 0 fully saturated rings. The van der Waals surface area contributed by atoms with Crippen molar-refractivity contribution in [2.24, 2.45) is 0 Å². The second kappa shape index (κ2) is 2.08. The van der Waals surface area contributed by atoms with E-state index in [4.69, 9.17) is 4.74 Å². The molecule has 0 bridgehead atoms. The minimum atomic E-state index is -0.245. The lowest BCUT2D eigenvalue weighted by Gasteiger charge is -2.01. The van der Waals surface area contributed by atoms with E-state index in [-0.39, 0.29) is 11.6 Å². The maximum atomic E-state index is 10.7. The fourth-order valence-corrected chi connectivity index (χ4v) is 1.11. The average Bonchev–Trinajstić information content (AvgIpc) is 2.32. The normalized spacial score (nSPS) is 21.0. The minimum absolute atomic E-state index is 0.245. The molecule has 1 aromatic rings. The van der Waals surface area contributed by atoms with Crippen molar-refractivity contribution in [2.75, 3.05) is 6.61 Å². The molecule has 4 nitrogen and oxygen atoms in total. The minimum Gasteiger partial charge on any atom is -0.462 e. The van der Waals surface area contributed by atoms with E-state index in [1.165, 1.54) is 6.07 Å². The van der Waals surface area contributed by atoms with Crippen LogP contribution in [0.4, 0.5) is 0 Å². The first-order valence-electron chi connectivity index (χ1n) is 3.49. The Balaban J connectivity index is 2.59. The van der Waals surface area contributed by atoms with Crippen LogP contribution >= 0.6 is 0 Å². The Morgan fingerprint density at radius 1 is 1.82 bits per heavy atom. The van der Waals surface area contributed by atoms with Gasteiger partial charge in [0.2, 0.25) is 0 Å². The molecular formula is C7H8N2O2. The highest BCUT2D eigenvalue weighted by Gasteiger charge is 2.18. The predicted molar refractivity (Wildman–Crippen MR) is 38.7 cm³/mol. The number of aromatic nitrogens is 2. The molecule has 11 heavy (non-hydrogen) atoms. The van der Waals surface area contributed by atoms with Gasteiger partial charge >= 0.3 is 0 Å². The summed E-state index contributed by atoms with van der Waals surface area (Å²) in [5.41, 5.74) is -0.245. The van der Waals surface area contributed by atoms with Gasteiger partial charge in [-0.25, -0.2) is 0 Å². The summed E-state index contributed by atoms with van der Waals surface area (Å²) in [6, 6.07) is 2.16. The molecule has 0 spiro atoms. The Morgan fingerprint density at radius 3 is 3.45 bits per heavy atom. The Kier molecular flexibility index (Phi) is 1.21. The highest BCUT2D eigenvalue weighted by atomic mass is 16.5. The Labute approximate surface area is 63.4 Å². The van der Waals surface area contributed by atoms with Crippen LogP contribution in [0.3, 0.4) is 0 Å². The molecular weight excluding hydrogens is 144 g/mol. The largest absolute Gasteiger partial charge is 0.462 e. The van der Waals surface area contributed by atoms with E-state index in [2.05, 4.69) is 4.98 Å². The molecule has 0 saturated carbocycles. The summed E-state index contributed by atoms with van der Waals surface area (Å²) in [4.78, 5) is 14.4. The predicted octanol–water partition coefficient (Wildman–Crippen LogP) is 0.197. The van der Waals surface area contributed by atoms with Crippen LogP contribution in [-0.4, -0.2) is 16.2 Å². The van der Waals surface area contributed by atoms with Gasteiger partial charge in [-0.2, -0.15) is 4.98 Å². The smallest absolute Gasteiger partial charge is 0.300 e. The zero-order valence-electron chi connectivity index (χ0n) is 6.15. The maximum absolute atomic E-state index is 10.7. The molecule has 0 radical (unpaired) electrons. The van der Waals surface area contributed by atoms with Gasteiger partial charge in [-0.3, -0.25) is 9.36 Å². The third-order valence-electron chi connectivity index (χ3n) is 1.73. The van der Waals surface area contributed by atoms with Crippen LogP contribution in [0.5, 0.6) is 6.01 Å². The highest BCUT2D eigenvalue weighted by molar-refractivity contribution is 5.04. The van der Waals surface area contributed by atoms with Crippen molar-refractivity contribution in [1.82, 2.24) is 9.55 Å². The van der Waals surface area contributed by atoms with E-state index in [0.717, 1.165) is 0 Å². The first-order chi connectivity index (χ1) is 5.27. The van der Waals surface area contributed by atoms with Gasteiger partial charge in [-0.05, 0) is 6.92 Å². The fraction of sp³-hybridized carbons (Fsp3) is 0.429. The number of rotatable bonds is 0. The molecule has 2 rings (SSSR count). The van der Waals surface area contributed by atoms with Crippen molar-refractivity contribution >= 4 is 0 Å². The molecule has 4 heteroatoms. The van der Waals surface area contributed by atoms with Gasteiger partial charge in [0.15, 0.2) is 0 Å². The van der Waals surface area contributed by atoms with Gasteiger partial charge in [0.05, 0.1) is 6.04 Å². The number of hydrogen-bond donors (Lipinski definition) is 0. The maximum Gasteiger partial charge on any atom is 0.300 e. The van der Waals surface area contributed by atoms with E-state index < -0.39 is 0 Å². The second-order valence-corrected chi connectivity index (χ2v) is 2.62. The molecule has 0 saturated heterocycles. The van der Waals surface area contributed by atoms with Crippen LogP contribution in [0.25, 0.3) is 0 Å². The van der Waals surface area contributed by atoms with E-state index in [1.807, 2.05) is 11.5 Å². The highest BCUT2D eigenvalue weighted by Crippen LogP contribution is 2.20. The van der Waals surface area contributed by atoms with Crippen LogP contribution < -0.4 is 10.3 Å². The van der Waals surface area contributed by atoms with E-state index in [0.29, 0.717) is 12.6 Å². The van der Waals surface area contributed by atoms with Crippen molar-refractivity contribution in [1.29, 1.82) is 0 Å². The van der Waals surface area contributed by atoms with Crippen LogP contribution in [0.15, 0.2) is 17.1 Å². The quantitative estimate of drug-likeness (QED) is 0.533. The van der Waals surface area contributed by atoms with Crippen molar-refractivity contribution < 1.29 is 4.74 Å². The van der Waals surface area contributed by atoms with Crippen LogP contribution in [-0.2, 0) is 0 Å². The van der Waals surface area contributed by atoms with Crippen LogP contribution in [0.2, 0.25) is 0 Å². The average molecular weight is 152 g/mol. The zero-order chi connectivity index (χ0) is 7.84. The lowest BCUT2D eigenvalue weighted by Crippen LogP contribution is -2.08. The first-order valence-corrected chi connectivity index (χ1v) is 3.49. The number of ether oxygens (including phenoxy) is 1. The Bertz CT molecular complexity index is 331. The van der Waals surface area contributed by atoms with E-state index >= 15 is 0 Å². The van der Waals surface area contributed by atoms with Gasteiger partial charge in [-0.1, -0.05) is 0 Å². The van der Waals surface area contributed by atoms with Gasteiger partial charge in [0.25, 0.3) is 11.6 Å². The SMILES string of the molecule is CC1COc2nc(=O)ccn21. The Morgan fingerprint density at radius 2 is 2.64 bits per heavy atom. The molecule has 1 aliphatic heterocycles. The van der Waals surface area contributed by atoms with Gasteiger partial charge in [0, 0.05) is 12.3 Å². The van der Waals surface area contributed by atoms with E-state index in [1.54, 1.807) is 6.20 Å². The number of fused-ring (bicyclic) bond motifs is 1. The summed E-state index contributed by atoms with van der Waals surface area (Å²) >= 11 is 0. The molecule has 0 N–H and O–H groups in total. The summed E-state index contributed by atoms with van der Waals surface area (Å²) < 4.78 is 6.99. The summed E-state index contributed by atoms with van der Waals surface area (Å²) in [6.45, 7) is 2.62. The summed E-state index contributed by atoms with van der Waals surface area (Å²) in [5, 5.41) is 0. The topological polar surface area (TPSA) is 44.1 Å². The number of nitrogens with zero attached hydrogens (tertiary/aromatic N) is 2. The van der Waals surface area contributed by atoms with Gasteiger partial charge in [-0.15, -0.1) is 0 Å². The van der Waals surface area contributed by atoms with Crippen molar-refractivity contribution in [3.63, 3.8) is 0 Å². The third kappa shape index (κ3) is 0.906. The summed E-state index contributed by atoms with van der Waals surface area (Å²) in [7, 11) is 0. The Hall–Kier alpha value is -1.32. The lowest BCUT2D eigenvalue weighted by molar-refractivity contribution is 0.326. The molecule has 0 aliphatic carbocycles. The van der Waals surface area contributed by atoms with Gasteiger partial charge < -0.3 is 4.74 Å². The molecule has 0 aromatic carbocycles. The summed E-state index contributed by atoms with van der Waals surface area (Å²) in [5.74, 6) is 0. The third-order valence-corrected chi connectivity index (χ3v) is 1.73.